The van der Waals surface area contributed by atoms with Gasteiger partial charge in [-0.15, -0.1) is 0 Å². The minimum absolute atomic E-state index is 0.518. The van der Waals surface area contributed by atoms with Crippen molar-refractivity contribution in [3.8, 4) is 0 Å². The van der Waals surface area contributed by atoms with E-state index in [4.69, 9.17) is 0 Å². The van der Waals surface area contributed by atoms with Crippen molar-refractivity contribution < 1.29 is 0 Å². The molecule has 0 aliphatic carbocycles. The van der Waals surface area contributed by atoms with Crippen LogP contribution in [0.15, 0.2) is 34.0 Å². The van der Waals surface area contributed by atoms with Crippen LogP contribution in [0, 0.1) is 0 Å². The van der Waals surface area contributed by atoms with Crippen molar-refractivity contribution >= 4 is 17.3 Å². The molecule has 22 heavy (non-hydrogen) atoms. The summed E-state index contributed by atoms with van der Waals surface area (Å²) in [6.45, 7) is 7.63. The number of thiophene rings is 1. The maximum Gasteiger partial charge on any atom is 0.193 e. The Kier molecular flexibility index (Phi) is 5.16. The van der Waals surface area contributed by atoms with Crippen molar-refractivity contribution in [1.82, 2.24) is 15.1 Å². The third-order valence-electron chi connectivity index (χ3n) is 4.72. The predicted molar refractivity (Wildman–Crippen MR) is 94.8 cm³/mol. The highest BCUT2D eigenvalue weighted by Crippen LogP contribution is 2.19. The molecule has 4 nitrogen and oxygen atoms in total. The van der Waals surface area contributed by atoms with Gasteiger partial charge in [0.15, 0.2) is 5.96 Å². The smallest absolute Gasteiger partial charge is 0.193 e. The molecule has 3 rings (SSSR count). The van der Waals surface area contributed by atoms with Crippen LogP contribution < -0.4 is 5.32 Å². The van der Waals surface area contributed by atoms with Gasteiger partial charge in [-0.3, -0.25) is 9.89 Å². The Hall–Kier alpha value is -1.33. The van der Waals surface area contributed by atoms with E-state index in [-0.39, 0.29) is 0 Å². The van der Waals surface area contributed by atoms with Crippen LogP contribution in [0.5, 0.6) is 0 Å². The zero-order valence-corrected chi connectivity index (χ0v) is 14.4. The monoisotopic (exact) mass is 318 g/mol. The second-order valence-corrected chi connectivity index (χ2v) is 6.98. The molecule has 5 heteroatoms. The number of hydrogen-bond acceptors (Lipinski definition) is 3. The van der Waals surface area contributed by atoms with Gasteiger partial charge >= 0.3 is 0 Å². The van der Waals surface area contributed by atoms with E-state index >= 15 is 0 Å². The lowest BCUT2D eigenvalue weighted by Crippen LogP contribution is -2.43. The van der Waals surface area contributed by atoms with E-state index in [2.05, 4.69) is 56.0 Å². The predicted octanol–water partition coefficient (Wildman–Crippen LogP) is 2.37. The lowest BCUT2D eigenvalue weighted by molar-refractivity contribution is 0.259. The summed E-state index contributed by atoms with van der Waals surface area (Å²) in [7, 11) is 1.89. The Morgan fingerprint density at radius 3 is 2.95 bits per heavy atom. The van der Waals surface area contributed by atoms with Gasteiger partial charge in [0.05, 0.1) is 0 Å². The van der Waals surface area contributed by atoms with Crippen LogP contribution in [0.3, 0.4) is 0 Å². The Balaban J connectivity index is 1.50. The van der Waals surface area contributed by atoms with Crippen molar-refractivity contribution in [3.63, 3.8) is 0 Å². The van der Waals surface area contributed by atoms with Crippen LogP contribution in [-0.4, -0.2) is 61.6 Å². The van der Waals surface area contributed by atoms with E-state index in [0.717, 1.165) is 38.7 Å². The average molecular weight is 318 g/mol. The summed E-state index contributed by atoms with van der Waals surface area (Å²) in [4.78, 5) is 9.45. The average Bonchev–Trinajstić information content (AvgIpc) is 3.27. The van der Waals surface area contributed by atoms with Crippen LogP contribution >= 0.6 is 11.3 Å². The molecule has 0 spiro atoms. The summed E-state index contributed by atoms with van der Waals surface area (Å²) in [5.74, 6) is 1.57. The van der Waals surface area contributed by atoms with Crippen molar-refractivity contribution in [2.75, 3.05) is 39.8 Å². The highest BCUT2D eigenvalue weighted by Gasteiger charge is 2.29. The molecule has 2 aliphatic heterocycles. The van der Waals surface area contributed by atoms with Gasteiger partial charge in [-0.25, -0.2) is 0 Å². The third kappa shape index (κ3) is 3.52. The van der Waals surface area contributed by atoms with Crippen molar-refractivity contribution in [2.24, 2.45) is 4.99 Å². The quantitative estimate of drug-likeness (QED) is 0.525. The van der Waals surface area contributed by atoms with Crippen LogP contribution in [-0.2, 0) is 0 Å². The largest absolute Gasteiger partial charge is 0.356 e. The molecule has 0 radical (unpaired) electrons. The molecular formula is C17H26N4S. The van der Waals surface area contributed by atoms with Gasteiger partial charge in [-0.2, -0.15) is 11.3 Å². The molecule has 1 fully saturated rings. The molecule has 2 unspecified atom stereocenters. The summed E-state index contributed by atoms with van der Waals surface area (Å²) in [6, 6.07) is 2.88. The molecule has 1 N–H and O–H groups in total. The Morgan fingerprint density at radius 2 is 2.27 bits per heavy atom. The normalized spacial score (nSPS) is 24.2. The highest BCUT2D eigenvalue weighted by molar-refractivity contribution is 7.07. The molecule has 0 amide bonds. The first kappa shape index (κ1) is 15.6. The topological polar surface area (TPSA) is 30.9 Å². The van der Waals surface area contributed by atoms with Gasteiger partial charge in [0.1, 0.15) is 0 Å². The summed E-state index contributed by atoms with van der Waals surface area (Å²) >= 11 is 1.77. The first-order valence-corrected chi connectivity index (χ1v) is 9.09. The fourth-order valence-corrected chi connectivity index (χ4v) is 4.06. The Labute approximate surface area is 137 Å². The maximum atomic E-state index is 4.48. The van der Waals surface area contributed by atoms with Crippen LogP contribution in [0.4, 0.5) is 0 Å². The molecule has 1 aromatic heterocycles. The molecule has 1 saturated heterocycles. The maximum absolute atomic E-state index is 4.48. The molecule has 2 aliphatic rings. The molecule has 3 heterocycles. The summed E-state index contributed by atoms with van der Waals surface area (Å²) in [5, 5.41) is 7.94. The second kappa shape index (κ2) is 7.29. The number of rotatable bonds is 4. The summed E-state index contributed by atoms with van der Waals surface area (Å²) in [5.41, 5.74) is 1.41. The first-order chi connectivity index (χ1) is 10.8. The molecular weight excluding hydrogens is 292 g/mol. The fourth-order valence-electron chi connectivity index (χ4n) is 3.27. The van der Waals surface area contributed by atoms with Crippen LogP contribution in [0.1, 0.15) is 24.8 Å². The van der Waals surface area contributed by atoms with Crippen molar-refractivity contribution in [2.45, 2.75) is 25.3 Å². The number of likely N-dealkylation sites (tertiary alicyclic amines) is 1. The SMILES string of the molecule is CN=C(NCC(C)c1ccsc1)N1CCC(N2CC=CC2)C1. The van der Waals surface area contributed by atoms with Crippen molar-refractivity contribution in [3.05, 3.63) is 34.5 Å². The Bertz CT molecular complexity index is 515. The standard InChI is InChI=1S/C17H26N4S/c1-14(15-6-10-22-13-15)11-19-17(18-2)21-9-5-16(12-21)20-7-3-4-8-20/h3-4,6,10,13-14,16H,5,7-9,11-12H2,1-2H3,(H,18,19). The molecule has 0 bridgehead atoms. The van der Waals surface area contributed by atoms with Crippen LogP contribution in [0.25, 0.3) is 0 Å². The third-order valence-corrected chi connectivity index (χ3v) is 5.42. The molecule has 120 valence electrons. The Morgan fingerprint density at radius 1 is 1.45 bits per heavy atom. The van der Waals surface area contributed by atoms with E-state index in [1.807, 2.05) is 7.05 Å². The number of hydrogen-bond donors (Lipinski definition) is 1. The molecule has 0 aromatic carbocycles. The minimum Gasteiger partial charge on any atom is -0.356 e. The number of nitrogens with one attached hydrogen (secondary N) is 1. The fraction of sp³-hybridized carbons (Fsp3) is 0.588. The number of nitrogens with zero attached hydrogens (tertiary/aromatic N) is 3. The van der Waals surface area contributed by atoms with Gasteiger partial charge in [0.25, 0.3) is 0 Å². The zero-order chi connectivity index (χ0) is 15.4. The minimum atomic E-state index is 0.518. The molecule has 0 saturated carbocycles. The van der Waals surface area contributed by atoms with Gasteiger partial charge in [-0.05, 0) is 34.7 Å². The second-order valence-electron chi connectivity index (χ2n) is 6.20. The van der Waals surface area contributed by atoms with E-state index < -0.39 is 0 Å². The molecule has 1 aromatic rings. The zero-order valence-electron chi connectivity index (χ0n) is 13.5. The van der Waals surface area contributed by atoms with Crippen LogP contribution in [0.2, 0.25) is 0 Å². The first-order valence-electron chi connectivity index (χ1n) is 8.14. The van der Waals surface area contributed by atoms with E-state index in [1.165, 1.54) is 12.0 Å². The van der Waals surface area contributed by atoms with Gasteiger partial charge in [0.2, 0.25) is 0 Å². The number of guanidine groups is 1. The van der Waals surface area contributed by atoms with Gasteiger partial charge in [-0.1, -0.05) is 19.1 Å². The lowest BCUT2D eigenvalue weighted by Gasteiger charge is -2.26. The summed E-state index contributed by atoms with van der Waals surface area (Å²) < 4.78 is 0. The molecule has 2 atom stereocenters. The highest BCUT2D eigenvalue weighted by atomic mass is 32.1. The van der Waals surface area contributed by atoms with Gasteiger partial charge < -0.3 is 10.2 Å². The van der Waals surface area contributed by atoms with E-state index in [9.17, 15) is 0 Å². The summed E-state index contributed by atoms with van der Waals surface area (Å²) in [6.07, 6.45) is 5.79. The van der Waals surface area contributed by atoms with Crippen molar-refractivity contribution in [1.29, 1.82) is 0 Å². The lowest BCUT2D eigenvalue weighted by atomic mass is 10.1. The van der Waals surface area contributed by atoms with E-state index in [0.29, 0.717) is 12.0 Å². The van der Waals surface area contributed by atoms with E-state index in [1.54, 1.807) is 11.3 Å². The van der Waals surface area contributed by atoms with Gasteiger partial charge in [0, 0.05) is 45.8 Å². The number of aliphatic imine (C=N–C) groups is 1.